The Morgan fingerprint density at radius 1 is 1.44 bits per heavy atom. The van der Waals surface area contributed by atoms with Gasteiger partial charge in [-0.1, -0.05) is 24.0 Å². The largest absolute Gasteiger partial charge is 0.492 e. The van der Waals surface area contributed by atoms with Crippen molar-refractivity contribution >= 4 is 0 Å². The Morgan fingerprint density at radius 3 is 3.00 bits per heavy atom. The van der Waals surface area contributed by atoms with Crippen LogP contribution in [0.3, 0.4) is 0 Å². The average molecular weight is 219 g/mol. The summed E-state index contributed by atoms with van der Waals surface area (Å²) in [6.07, 6.45) is 2.19. The van der Waals surface area contributed by atoms with Crippen molar-refractivity contribution in [2.45, 2.75) is 12.8 Å². The molecule has 0 radical (unpaired) electrons. The Labute approximate surface area is 96.2 Å². The van der Waals surface area contributed by atoms with E-state index in [2.05, 4.69) is 17.9 Å². The molecule has 3 heteroatoms. The van der Waals surface area contributed by atoms with Gasteiger partial charge in [0.2, 0.25) is 0 Å². The molecule has 0 saturated carbocycles. The van der Waals surface area contributed by atoms with E-state index in [0.29, 0.717) is 6.54 Å². The molecule has 0 aliphatic carbocycles. The second kappa shape index (κ2) is 6.89. The second-order valence-electron chi connectivity index (χ2n) is 3.25. The standard InChI is InChI=1S/C12H13NO.CH4O/c13-8-2-6-10-4-1-5-11-7-3-9-14-12(10)11;1-2/h1,4-5H,3,7-9,13H2;2H,1H3. The van der Waals surface area contributed by atoms with E-state index >= 15 is 0 Å². The van der Waals surface area contributed by atoms with Crippen LogP contribution in [0.25, 0.3) is 0 Å². The van der Waals surface area contributed by atoms with Gasteiger partial charge in [-0.25, -0.2) is 0 Å². The van der Waals surface area contributed by atoms with Crippen molar-refractivity contribution in [2.24, 2.45) is 5.73 Å². The topological polar surface area (TPSA) is 55.5 Å². The van der Waals surface area contributed by atoms with E-state index in [4.69, 9.17) is 15.6 Å². The van der Waals surface area contributed by atoms with Gasteiger partial charge in [0, 0.05) is 7.11 Å². The highest BCUT2D eigenvalue weighted by Crippen LogP contribution is 2.27. The normalized spacial score (nSPS) is 12.2. The van der Waals surface area contributed by atoms with Crippen molar-refractivity contribution in [2.75, 3.05) is 20.3 Å². The molecule has 3 nitrogen and oxygen atoms in total. The number of hydrogen-bond donors (Lipinski definition) is 2. The molecule has 0 atom stereocenters. The monoisotopic (exact) mass is 219 g/mol. The van der Waals surface area contributed by atoms with Gasteiger partial charge < -0.3 is 15.6 Å². The maximum atomic E-state index is 7.00. The lowest BCUT2D eigenvalue weighted by Gasteiger charge is -2.18. The van der Waals surface area contributed by atoms with Gasteiger partial charge in [-0.05, 0) is 24.5 Å². The fraction of sp³-hybridized carbons (Fsp3) is 0.385. The summed E-state index contributed by atoms with van der Waals surface area (Å²) in [4.78, 5) is 0. The Bertz CT molecular complexity index is 391. The molecule has 2 rings (SSSR count). The van der Waals surface area contributed by atoms with E-state index in [9.17, 15) is 0 Å². The van der Waals surface area contributed by atoms with E-state index in [-0.39, 0.29) is 0 Å². The zero-order valence-corrected chi connectivity index (χ0v) is 9.49. The summed E-state index contributed by atoms with van der Waals surface area (Å²) in [6, 6.07) is 6.10. The summed E-state index contributed by atoms with van der Waals surface area (Å²) in [7, 11) is 1.00. The van der Waals surface area contributed by atoms with Crippen LogP contribution in [0.5, 0.6) is 5.75 Å². The fourth-order valence-electron chi connectivity index (χ4n) is 1.63. The van der Waals surface area contributed by atoms with E-state index < -0.39 is 0 Å². The molecule has 1 aromatic carbocycles. The molecule has 0 bridgehead atoms. The predicted molar refractivity (Wildman–Crippen MR) is 64.3 cm³/mol. The summed E-state index contributed by atoms with van der Waals surface area (Å²) in [5, 5.41) is 7.00. The molecule has 0 fully saturated rings. The lowest BCUT2D eigenvalue weighted by Crippen LogP contribution is -2.09. The van der Waals surface area contributed by atoms with Crippen LogP contribution in [0.15, 0.2) is 18.2 Å². The minimum absolute atomic E-state index is 0.393. The SMILES string of the molecule is CO.NCC#Cc1cccc2c1OCCC2. The van der Waals surface area contributed by atoms with Gasteiger partial charge >= 0.3 is 0 Å². The average Bonchev–Trinajstić information content (AvgIpc) is 2.38. The molecule has 0 spiro atoms. The minimum atomic E-state index is 0.393. The number of para-hydroxylation sites is 1. The first kappa shape index (κ1) is 12.6. The third kappa shape index (κ3) is 2.99. The molecule has 1 aliphatic rings. The van der Waals surface area contributed by atoms with Crippen molar-refractivity contribution in [1.82, 2.24) is 0 Å². The Morgan fingerprint density at radius 2 is 2.25 bits per heavy atom. The van der Waals surface area contributed by atoms with Crippen molar-refractivity contribution in [1.29, 1.82) is 0 Å². The van der Waals surface area contributed by atoms with Gasteiger partial charge in [-0.3, -0.25) is 0 Å². The summed E-state index contributed by atoms with van der Waals surface area (Å²) in [6.45, 7) is 1.19. The number of fused-ring (bicyclic) bond motifs is 1. The predicted octanol–water partition coefficient (Wildman–Crippen LogP) is 0.930. The molecule has 16 heavy (non-hydrogen) atoms. The van der Waals surface area contributed by atoms with Crippen LogP contribution in [0.1, 0.15) is 17.5 Å². The van der Waals surface area contributed by atoms with Gasteiger partial charge in [-0.2, -0.15) is 0 Å². The first-order valence-corrected chi connectivity index (χ1v) is 5.30. The van der Waals surface area contributed by atoms with Gasteiger partial charge in [0.05, 0.1) is 18.7 Å². The lowest BCUT2D eigenvalue weighted by molar-refractivity contribution is 0.287. The van der Waals surface area contributed by atoms with Crippen molar-refractivity contribution < 1.29 is 9.84 Å². The van der Waals surface area contributed by atoms with Gasteiger partial charge in [0.1, 0.15) is 5.75 Å². The van der Waals surface area contributed by atoms with E-state index in [1.807, 2.05) is 12.1 Å². The number of aryl methyl sites for hydroxylation is 1. The first-order chi connectivity index (χ1) is 7.92. The molecule has 86 valence electrons. The quantitative estimate of drug-likeness (QED) is 0.638. The van der Waals surface area contributed by atoms with E-state index in [1.165, 1.54) is 5.56 Å². The minimum Gasteiger partial charge on any atom is -0.492 e. The lowest BCUT2D eigenvalue weighted by atomic mass is 10.0. The van der Waals surface area contributed by atoms with Crippen LogP contribution in [0.2, 0.25) is 0 Å². The van der Waals surface area contributed by atoms with Gasteiger partial charge in [-0.15, -0.1) is 0 Å². The Hall–Kier alpha value is -1.50. The highest BCUT2D eigenvalue weighted by molar-refractivity contribution is 5.51. The molecule has 3 N–H and O–H groups in total. The summed E-state index contributed by atoms with van der Waals surface area (Å²) in [5.74, 6) is 6.84. The molecule has 1 aromatic rings. The smallest absolute Gasteiger partial charge is 0.138 e. The van der Waals surface area contributed by atoms with Crippen LogP contribution in [0.4, 0.5) is 0 Å². The van der Waals surface area contributed by atoms with Crippen LogP contribution in [-0.4, -0.2) is 25.4 Å². The van der Waals surface area contributed by atoms with Crippen LogP contribution in [0, 0.1) is 11.8 Å². The first-order valence-electron chi connectivity index (χ1n) is 5.30. The number of nitrogens with two attached hydrogens (primary N) is 1. The third-order valence-electron chi connectivity index (χ3n) is 2.26. The van der Waals surface area contributed by atoms with Crippen LogP contribution < -0.4 is 10.5 Å². The zero-order chi connectivity index (χ0) is 11.8. The molecular weight excluding hydrogens is 202 g/mol. The molecule has 0 amide bonds. The fourth-order valence-corrected chi connectivity index (χ4v) is 1.63. The second-order valence-corrected chi connectivity index (χ2v) is 3.25. The summed E-state index contributed by atoms with van der Waals surface area (Å²) < 4.78 is 5.61. The molecule has 0 saturated heterocycles. The van der Waals surface area contributed by atoms with E-state index in [1.54, 1.807) is 0 Å². The molecule has 0 unspecified atom stereocenters. The highest BCUT2D eigenvalue weighted by Gasteiger charge is 2.12. The van der Waals surface area contributed by atoms with Crippen molar-refractivity contribution in [3.8, 4) is 17.6 Å². The van der Waals surface area contributed by atoms with Gasteiger partial charge in [0.25, 0.3) is 0 Å². The zero-order valence-electron chi connectivity index (χ0n) is 9.49. The Kier molecular flexibility index (Phi) is 5.41. The number of rotatable bonds is 0. The maximum Gasteiger partial charge on any atom is 0.138 e. The number of benzene rings is 1. The maximum absolute atomic E-state index is 7.00. The van der Waals surface area contributed by atoms with Gasteiger partial charge in [0.15, 0.2) is 0 Å². The number of aliphatic hydroxyl groups is 1. The van der Waals surface area contributed by atoms with E-state index in [0.717, 1.165) is 37.9 Å². The van der Waals surface area contributed by atoms with Crippen molar-refractivity contribution in [3.63, 3.8) is 0 Å². The molecular formula is C13H17NO2. The number of aliphatic hydroxyl groups excluding tert-OH is 1. The molecule has 1 heterocycles. The molecule has 1 aliphatic heterocycles. The number of ether oxygens (including phenoxy) is 1. The third-order valence-corrected chi connectivity index (χ3v) is 2.26. The highest BCUT2D eigenvalue weighted by atomic mass is 16.5. The summed E-state index contributed by atoms with van der Waals surface area (Å²) in [5.41, 5.74) is 7.57. The summed E-state index contributed by atoms with van der Waals surface area (Å²) >= 11 is 0. The molecule has 0 aromatic heterocycles. The van der Waals surface area contributed by atoms with Crippen LogP contribution >= 0.6 is 0 Å². The van der Waals surface area contributed by atoms with Crippen molar-refractivity contribution in [3.05, 3.63) is 29.3 Å². The Balaban J connectivity index is 0.000000606. The number of hydrogen-bond acceptors (Lipinski definition) is 3. The van der Waals surface area contributed by atoms with Crippen LogP contribution in [-0.2, 0) is 6.42 Å².